The van der Waals surface area contributed by atoms with Crippen molar-refractivity contribution in [2.24, 2.45) is 5.92 Å². The average molecular weight is 597 g/mol. The first-order valence-electron chi connectivity index (χ1n) is 12.4. The third-order valence-corrected chi connectivity index (χ3v) is 7.24. The van der Waals surface area contributed by atoms with Crippen molar-refractivity contribution in [1.29, 1.82) is 0 Å². The molecule has 0 N–H and O–H groups in total. The number of carbonyl (C=O) groups is 1. The number of benzene rings is 2. The molecule has 13 heteroatoms. The number of rotatable bonds is 7. The monoisotopic (exact) mass is 596 g/mol. The first-order chi connectivity index (χ1) is 18.3. The molecular weight excluding hydrogens is 566 g/mol. The lowest BCUT2D eigenvalue weighted by molar-refractivity contribution is -0.143. The van der Waals surface area contributed by atoms with Gasteiger partial charge in [-0.15, -0.1) is 12.4 Å². The van der Waals surface area contributed by atoms with E-state index in [1.54, 1.807) is 12.1 Å². The topological polar surface area (TPSA) is 51.2 Å². The molecule has 4 rings (SSSR count). The summed E-state index contributed by atoms with van der Waals surface area (Å²) in [5.74, 6) is 1.36. The smallest absolute Gasteiger partial charge is 0.416 e. The fourth-order valence-corrected chi connectivity index (χ4v) is 5.09. The Morgan fingerprint density at radius 1 is 0.925 bits per heavy atom. The number of alkyl halides is 6. The minimum absolute atomic E-state index is 0. The van der Waals surface area contributed by atoms with E-state index in [-0.39, 0.29) is 30.1 Å². The van der Waals surface area contributed by atoms with Crippen LogP contribution in [0.15, 0.2) is 30.3 Å². The molecule has 0 bridgehead atoms. The van der Waals surface area contributed by atoms with E-state index < -0.39 is 42.2 Å². The fourth-order valence-electron chi connectivity index (χ4n) is 5.09. The van der Waals surface area contributed by atoms with E-state index >= 15 is 0 Å². The predicted octanol–water partition coefficient (Wildman–Crippen LogP) is 7.48. The Labute approximate surface area is 234 Å². The summed E-state index contributed by atoms with van der Waals surface area (Å²) in [7, 11) is 4.06. The van der Waals surface area contributed by atoms with Crippen molar-refractivity contribution in [1.82, 2.24) is 4.90 Å². The molecular formula is C27H31ClF6N2O4. The van der Waals surface area contributed by atoms with Gasteiger partial charge in [-0.2, -0.15) is 26.3 Å². The number of anilines is 1. The van der Waals surface area contributed by atoms with Gasteiger partial charge in [0.05, 0.1) is 38.5 Å². The molecule has 2 aliphatic rings. The van der Waals surface area contributed by atoms with E-state index in [9.17, 15) is 31.1 Å². The highest BCUT2D eigenvalue weighted by Crippen LogP contribution is 2.48. The normalized spacial score (nSPS) is 18.9. The molecule has 1 aliphatic heterocycles. The van der Waals surface area contributed by atoms with Gasteiger partial charge in [0.1, 0.15) is 0 Å². The number of methoxy groups -OCH3 is 3. The lowest BCUT2D eigenvalue weighted by Crippen LogP contribution is -2.45. The summed E-state index contributed by atoms with van der Waals surface area (Å²) in [5, 5.41) is 0. The van der Waals surface area contributed by atoms with Gasteiger partial charge in [0, 0.05) is 36.4 Å². The first-order valence-corrected chi connectivity index (χ1v) is 12.4. The summed E-state index contributed by atoms with van der Waals surface area (Å²) < 4.78 is 96.9. The molecule has 2 atom stereocenters. The summed E-state index contributed by atoms with van der Waals surface area (Å²) in [6.07, 6.45) is -8.33. The number of hydrogen-bond donors (Lipinski definition) is 0. The maximum absolute atomic E-state index is 13.5. The van der Waals surface area contributed by atoms with E-state index in [1.807, 2.05) is 6.92 Å². The molecule has 1 fully saturated rings. The molecule has 1 amide bonds. The van der Waals surface area contributed by atoms with Crippen molar-refractivity contribution >= 4 is 24.2 Å². The van der Waals surface area contributed by atoms with Crippen molar-refractivity contribution in [3.05, 3.63) is 52.6 Å². The van der Waals surface area contributed by atoms with Crippen LogP contribution >= 0.6 is 12.4 Å². The van der Waals surface area contributed by atoms with E-state index in [4.69, 9.17) is 14.2 Å². The van der Waals surface area contributed by atoms with Crippen LogP contribution in [0.5, 0.6) is 11.5 Å². The van der Waals surface area contributed by atoms with Gasteiger partial charge >= 0.3 is 18.4 Å². The van der Waals surface area contributed by atoms with Crippen molar-refractivity contribution in [2.75, 3.05) is 32.8 Å². The zero-order chi connectivity index (χ0) is 28.7. The number of amides is 1. The van der Waals surface area contributed by atoms with Crippen LogP contribution in [-0.2, 0) is 23.6 Å². The molecule has 1 aliphatic carbocycles. The highest BCUT2D eigenvalue weighted by Gasteiger charge is 2.41. The molecule has 222 valence electrons. The standard InChI is InChI=1S/C27H30F6N2O4.ClH/c1-15-7-21(20-11-23(37-2)24(38-3)12-22(20)34(15)13-16-5-6-16)35(25(36)39-4)14-17-8-18(26(28,29)30)10-19(9-17)27(31,32)33;/h8-12,15-16,21H,5-7,13-14H2,1-4H3;1H/t15-,21+;/m0./s1. The number of carbonyl (C=O) groups excluding carboxylic acids is 1. The maximum atomic E-state index is 13.5. The van der Waals surface area contributed by atoms with Gasteiger partial charge in [0.2, 0.25) is 0 Å². The molecule has 2 aromatic rings. The lowest BCUT2D eigenvalue weighted by atomic mass is 9.89. The Kier molecular flexibility index (Phi) is 9.33. The molecule has 0 aromatic heterocycles. The lowest BCUT2D eigenvalue weighted by Gasteiger charge is -2.44. The largest absolute Gasteiger partial charge is 0.493 e. The van der Waals surface area contributed by atoms with Crippen LogP contribution in [0.2, 0.25) is 0 Å². The van der Waals surface area contributed by atoms with Gasteiger partial charge < -0.3 is 19.1 Å². The van der Waals surface area contributed by atoms with Crippen molar-refractivity contribution in [3.63, 3.8) is 0 Å². The van der Waals surface area contributed by atoms with Crippen LogP contribution in [0.25, 0.3) is 0 Å². The number of fused-ring (bicyclic) bond motifs is 1. The summed E-state index contributed by atoms with van der Waals surface area (Å²) in [6.45, 7) is 2.21. The van der Waals surface area contributed by atoms with Gasteiger partial charge in [-0.05, 0) is 61.9 Å². The van der Waals surface area contributed by atoms with Crippen LogP contribution in [0, 0.1) is 5.92 Å². The zero-order valence-corrected chi connectivity index (χ0v) is 23.2. The van der Waals surface area contributed by atoms with Gasteiger partial charge in [0.25, 0.3) is 0 Å². The van der Waals surface area contributed by atoms with Gasteiger partial charge in [-0.1, -0.05) is 0 Å². The van der Waals surface area contributed by atoms with Crippen LogP contribution in [0.4, 0.5) is 36.8 Å². The SMILES string of the molecule is COC(=O)N(Cc1cc(C(F)(F)F)cc(C(F)(F)F)c1)[C@@H]1C[C@H](C)N(CC2CC2)c2cc(OC)c(OC)cc21.Cl. The van der Waals surface area contributed by atoms with Crippen LogP contribution in [0.3, 0.4) is 0 Å². The van der Waals surface area contributed by atoms with E-state index in [0.717, 1.165) is 32.2 Å². The first kappa shape index (κ1) is 31.5. The summed E-state index contributed by atoms with van der Waals surface area (Å²) in [5.41, 5.74) is -1.82. The Bertz CT molecular complexity index is 1190. The minimum atomic E-state index is -5.01. The highest BCUT2D eigenvalue weighted by atomic mass is 35.5. The van der Waals surface area contributed by atoms with Crippen molar-refractivity contribution in [2.45, 2.75) is 57.2 Å². The van der Waals surface area contributed by atoms with E-state index in [1.165, 1.54) is 19.1 Å². The molecule has 1 heterocycles. The molecule has 1 saturated carbocycles. The third-order valence-electron chi connectivity index (χ3n) is 7.24. The average Bonchev–Trinajstić information content (AvgIpc) is 3.70. The van der Waals surface area contributed by atoms with Gasteiger partial charge in [0.15, 0.2) is 11.5 Å². The number of halogens is 7. The quantitative estimate of drug-likeness (QED) is 0.310. The van der Waals surface area contributed by atoms with Crippen LogP contribution < -0.4 is 14.4 Å². The molecule has 2 aromatic carbocycles. The van der Waals surface area contributed by atoms with Gasteiger partial charge in [-0.3, -0.25) is 4.90 Å². The second-order valence-electron chi connectivity index (χ2n) is 9.97. The van der Waals surface area contributed by atoms with Crippen molar-refractivity contribution < 1.29 is 45.3 Å². The molecule has 40 heavy (non-hydrogen) atoms. The summed E-state index contributed by atoms with van der Waals surface area (Å²) in [6, 6.07) is 4.01. The fraction of sp³-hybridized carbons (Fsp3) is 0.519. The van der Waals surface area contributed by atoms with Crippen molar-refractivity contribution in [3.8, 4) is 11.5 Å². The highest BCUT2D eigenvalue weighted by molar-refractivity contribution is 5.85. The minimum Gasteiger partial charge on any atom is -0.493 e. The van der Waals surface area contributed by atoms with E-state index in [0.29, 0.717) is 41.5 Å². The van der Waals surface area contributed by atoms with Crippen LogP contribution in [-0.4, -0.2) is 44.9 Å². The summed E-state index contributed by atoms with van der Waals surface area (Å²) in [4.78, 5) is 16.4. The van der Waals surface area contributed by atoms with Crippen LogP contribution in [0.1, 0.15) is 54.5 Å². The molecule has 0 radical (unpaired) electrons. The number of nitrogens with zero attached hydrogens (tertiary/aromatic N) is 2. The predicted molar refractivity (Wildman–Crippen MR) is 138 cm³/mol. The molecule has 6 nitrogen and oxygen atoms in total. The Balaban J connectivity index is 0.00000441. The maximum Gasteiger partial charge on any atom is 0.416 e. The molecule has 0 spiro atoms. The Hall–Kier alpha value is -3.02. The Morgan fingerprint density at radius 2 is 1.48 bits per heavy atom. The molecule has 0 saturated heterocycles. The Morgan fingerprint density at radius 3 is 1.95 bits per heavy atom. The second-order valence-corrected chi connectivity index (χ2v) is 9.97. The second kappa shape index (κ2) is 11.8. The zero-order valence-electron chi connectivity index (χ0n) is 22.4. The molecule has 0 unspecified atom stereocenters. The number of ether oxygens (including phenoxy) is 3. The van der Waals surface area contributed by atoms with Gasteiger partial charge in [-0.25, -0.2) is 4.79 Å². The third kappa shape index (κ3) is 6.64. The number of hydrogen-bond acceptors (Lipinski definition) is 5. The van der Waals surface area contributed by atoms with E-state index in [2.05, 4.69) is 4.90 Å². The summed E-state index contributed by atoms with van der Waals surface area (Å²) >= 11 is 0.